The molecule has 2 fully saturated rings. The molecule has 1 aromatic carbocycles. The zero-order valence-corrected chi connectivity index (χ0v) is 10.9. The second-order valence-corrected chi connectivity index (χ2v) is 6.20. The minimum atomic E-state index is -0.479. The van der Waals surface area contributed by atoms with Crippen molar-refractivity contribution in [3.05, 3.63) is 35.9 Å². The number of hydrogen-bond acceptors (Lipinski definition) is 2. The van der Waals surface area contributed by atoms with Gasteiger partial charge in [-0.15, -0.1) is 0 Å². The van der Waals surface area contributed by atoms with E-state index in [2.05, 4.69) is 30.3 Å². The first-order valence-corrected chi connectivity index (χ1v) is 7.17. The molecule has 0 amide bonds. The summed E-state index contributed by atoms with van der Waals surface area (Å²) in [5.74, 6) is 0.625. The highest BCUT2D eigenvalue weighted by Crippen LogP contribution is 2.59. The average molecular weight is 245 g/mol. The maximum Gasteiger partial charge on any atom is 0.0716 e. The molecule has 0 unspecified atom stereocenters. The summed E-state index contributed by atoms with van der Waals surface area (Å²) in [6.07, 6.45) is 6.28. The highest BCUT2D eigenvalue weighted by Gasteiger charge is 2.58. The maximum atomic E-state index is 10.8. The van der Waals surface area contributed by atoms with Gasteiger partial charge in [0.05, 0.1) is 5.60 Å². The molecule has 0 saturated heterocycles. The van der Waals surface area contributed by atoms with Crippen LogP contribution in [-0.2, 0) is 0 Å². The Labute approximate surface area is 109 Å². The van der Waals surface area contributed by atoms with E-state index in [1.807, 2.05) is 0 Å². The lowest BCUT2D eigenvalue weighted by Gasteiger charge is -2.42. The SMILES string of the molecule is NCC1(C2(O)CCC(c3ccccc3)CC2)CC1. The van der Waals surface area contributed by atoms with E-state index in [4.69, 9.17) is 5.73 Å². The highest BCUT2D eigenvalue weighted by molar-refractivity contribution is 5.21. The third kappa shape index (κ3) is 1.88. The largest absolute Gasteiger partial charge is 0.389 e. The number of hydrogen-bond donors (Lipinski definition) is 2. The smallest absolute Gasteiger partial charge is 0.0716 e. The van der Waals surface area contributed by atoms with Gasteiger partial charge in [0, 0.05) is 12.0 Å². The summed E-state index contributed by atoms with van der Waals surface area (Å²) in [6.45, 7) is 0.652. The van der Waals surface area contributed by atoms with Crippen molar-refractivity contribution in [2.75, 3.05) is 6.54 Å². The van der Waals surface area contributed by atoms with E-state index in [1.54, 1.807) is 0 Å². The molecule has 0 atom stereocenters. The Morgan fingerprint density at radius 1 is 1.06 bits per heavy atom. The predicted octanol–water partition coefficient (Wildman–Crippen LogP) is 2.81. The fourth-order valence-corrected chi connectivity index (χ4v) is 3.69. The minimum absolute atomic E-state index is 0.0641. The number of nitrogens with two attached hydrogens (primary N) is 1. The third-order valence-electron chi connectivity index (χ3n) is 5.32. The zero-order chi connectivity index (χ0) is 12.6. The Kier molecular flexibility index (Phi) is 2.95. The Bertz CT molecular complexity index is 402. The van der Waals surface area contributed by atoms with Crippen LogP contribution in [0.15, 0.2) is 30.3 Å². The van der Waals surface area contributed by atoms with Crippen LogP contribution in [0.25, 0.3) is 0 Å². The molecule has 2 saturated carbocycles. The molecule has 2 aliphatic rings. The van der Waals surface area contributed by atoms with Crippen LogP contribution in [0.2, 0.25) is 0 Å². The fourth-order valence-electron chi connectivity index (χ4n) is 3.69. The van der Waals surface area contributed by atoms with Gasteiger partial charge in [0.2, 0.25) is 0 Å². The number of rotatable bonds is 3. The van der Waals surface area contributed by atoms with Gasteiger partial charge in [-0.1, -0.05) is 30.3 Å². The quantitative estimate of drug-likeness (QED) is 0.860. The van der Waals surface area contributed by atoms with E-state index >= 15 is 0 Å². The maximum absolute atomic E-state index is 10.8. The molecule has 0 radical (unpaired) electrons. The van der Waals surface area contributed by atoms with E-state index in [-0.39, 0.29) is 5.41 Å². The molecule has 2 nitrogen and oxygen atoms in total. The average Bonchev–Trinajstić information content (AvgIpc) is 3.22. The van der Waals surface area contributed by atoms with Gasteiger partial charge in [-0.2, -0.15) is 0 Å². The first-order chi connectivity index (χ1) is 8.69. The molecule has 0 aromatic heterocycles. The second kappa shape index (κ2) is 4.36. The summed E-state index contributed by atoms with van der Waals surface area (Å²) in [7, 11) is 0. The van der Waals surface area contributed by atoms with E-state index in [1.165, 1.54) is 5.56 Å². The normalized spacial score (nSPS) is 34.2. The van der Waals surface area contributed by atoms with Crippen LogP contribution < -0.4 is 5.73 Å². The Morgan fingerprint density at radius 3 is 2.17 bits per heavy atom. The number of benzene rings is 1. The minimum Gasteiger partial charge on any atom is -0.389 e. The van der Waals surface area contributed by atoms with E-state index in [9.17, 15) is 5.11 Å². The second-order valence-electron chi connectivity index (χ2n) is 6.20. The lowest BCUT2D eigenvalue weighted by molar-refractivity contribution is -0.0627. The molecule has 0 heterocycles. The van der Waals surface area contributed by atoms with Crippen molar-refractivity contribution in [2.24, 2.45) is 11.1 Å². The highest BCUT2D eigenvalue weighted by atomic mass is 16.3. The summed E-state index contributed by atoms with van der Waals surface area (Å²) < 4.78 is 0. The molecule has 1 aromatic rings. The Morgan fingerprint density at radius 2 is 1.67 bits per heavy atom. The molecule has 0 spiro atoms. The molecule has 0 aliphatic heterocycles. The zero-order valence-electron chi connectivity index (χ0n) is 10.9. The van der Waals surface area contributed by atoms with Gasteiger partial charge in [-0.3, -0.25) is 0 Å². The standard InChI is InChI=1S/C16H23NO/c17-12-15(10-11-15)16(18)8-6-14(7-9-16)13-4-2-1-3-5-13/h1-5,14,18H,6-12,17H2. The van der Waals surface area contributed by atoms with Crippen LogP contribution in [0.3, 0.4) is 0 Å². The van der Waals surface area contributed by atoms with Gasteiger partial charge in [-0.25, -0.2) is 0 Å². The molecular weight excluding hydrogens is 222 g/mol. The van der Waals surface area contributed by atoms with Gasteiger partial charge in [0.1, 0.15) is 0 Å². The van der Waals surface area contributed by atoms with Gasteiger partial charge in [0.15, 0.2) is 0 Å². The first-order valence-electron chi connectivity index (χ1n) is 7.17. The molecule has 18 heavy (non-hydrogen) atoms. The van der Waals surface area contributed by atoms with Crippen LogP contribution in [0.5, 0.6) is 0 Å². The fraction of sp³-hybridized carbons (Fsp3) is 0.625. The monoisotopic (exact) mass is 245 g/mol. The molecule has 98 valence electrons. The van der Waals surface area contributed by atoms with E-state index in [0.29, 0.717) is 12.5 Å². The third-order valence-corrected chi connectivity index (χ3v) is 5.32. The molecular formula is C16H23NO. The molecule has 3 rings (SSSR count). The topological polar surface area (TPSA) is 46.2 Å². The molecule has 3 N–H and O–H groups in total. The number of aliphatic hydroxyl groups is 1. The summed E-state index contributed by atoms with van der Waals surface area (Å²) in [6, 6.07) is 10.7. The summed E-state index contributed by atoms with van der Waals surface area (Å²) in [5.41, 5.74) is 6.88. The van der Waals surface area contributed by atoms with E-state index < -0.39 is 5.60 Å². The molecule has 2 aliphatic carbocycles. The van der Waals surface area contributed by atoms with Crippen molar-refractivity contribution >= 4 is 0 Å². The van der Waals surface area contributed by atoms with Gasteiger partial charge in [0.25, 0.3) is 0 Å². The van der Waals surface area contributed by atoms with Crippen LogP contribution in [0.1, 0.15) is 50.0 Å². The van der Waals surface area contributed by atoms with Crippen molar-refractivity contribution in [1.82, 2.24) is 0 Å². The summed E-state index contributed by atoms with van der Waals surface area (Å²) >= 11 is 0. The Hall–Kier alpha value is -0.860. The molecule has 2 heteroatoms. The van der Waals surface area contributed by atoms with Crippen molar-refractivity contribution in [3.8, 4) is 0 Å². The van der Waals surface area contributed by atoms with Crippen molar-refractivity contribution in [3.63, 3.8) is 0 Å². The van der Waals surface area contributed by atoms with Crippen LogP contribution in [-0.4, -0.2) is 17.3 Å². The van der Waals surface area contributed by atoms with Crippen LogP contribution >= 0.6 is 0 Å². The van der Waals surface area contributed by atoms with Gasteiger partial charge >= 0.3 is 0 Å². The van der Waals surface area contributed by atoms with E-state index in [0.717, 1.165) is 38.5 Å². The van der Waals surface area contributed by atoms with Crippen molar-refractivity contribution < 1.29 is 5.11 Å². The Balaban J connectivity index is 1.68. The lowest BCUT2D eigenvalue weighted by atomic mass is 9.69. The van der Waals surface area contributed by atoms with Crippen LogP contribution in [0, 0.1) is 5.41 Å². The summed E-state index contributed by atoms with van der Waals surface area (Å²) in [4.78, 5) is 0. The van der Waals surface area contributed by atoms with Gasteiger partial charge < -0.3 is 10.8 Å². The van der Waals surface area contributed by atoms with Crippen molar-refractivity contribution in [2.45, 2.75) is 50.0 Å². The predicted molar refractivity (Wildman–Crippen MR) is 73.3 cm³/mol. The lowest BCUT2D eigenvalue weighted by Crippen LogP contribution is -2.46. The first kappa shape index (κ1) is 12.2. The summed E-state index contributed by atoms with van der Waals surface area (Å²) in [5, 5.41) is 10.8. The van der Waals surface area contributed by atoms with Gasteiger partial charge in [-0.05, 0) is 50.0 Å². The van der Waals surface area contributed by atoms with Crippen LogP contribution in [0.4, 0.5) is 0 Å². The van der Waals surface area contributed by atoms with Crippen molar-refractivity contribution in [1.29, 1.82) is 0 Å². The molecule has 0 bridgehead atoms.